The van der Waals surface area contributed by atoms with E-state index in [1.54, 1.807) is 0 Å². The molecule has 0 spiro atoms. The van der Waals surface area contributed by atoms with E-state index in [2.05, 4.69) is 30.9 Å². The lowest BCUT2D eigenvalue weighted by Crippen LogP contribution is -2.09. The summed E-state index contributed by atoms with van der Waals surface area (Å²) in [7, 11) is 2.02. The summed E-state index contributed by atoms with van der Waals surface area (Å²) in [6, 6.07) is 10.1. The molecule has 0 bridgehead atoms. The van der Waals surface area contributed by atoms with E-state index < -0.39 is 0 Å². The maximum atomic E-state index is 4.62. The van der Waals surface area contributed by atoms with Gasteiger partial charge in [0.05, 0.1) is 17.6 Å². The minimum Gasteiger partial charge on any atom is -0.347 e. The van der Waals surface area contributed by atoms with Crippen molar-refractivity contribution in [2.75, 3.05) is 5.32 Å². The van der Waals surface area contributed by atoms with Crippen molar-refractivity contribution in [3.8, 4) is 0 Å². The zero-order valence-electron chi connectivity index (χ0n) is 11.9. The molecule has 0 aliphatic rings. The van der Waals surface area contributed by atoms with E-state index in [1.807, 2.05) is 45.2 Å². The van der Waals surface area contributed by atoms with Gasteiger partial charge in [0.15, 0.2) is 0 Å². The molecular formula is C15H17N5. The second-order valence-corrected chi connectivity index (χ2v) is 4.90. The lowest BCUT2D eigenvalue weighted by Gasteiger charge is -2.06. The SMILES string of the molecule is Cc1cc(C)nc(NCc2nc3ccccc3n2C)n1. The lowest BCUT2D eigenvalue weighted by molar-refractivity contribution is 0.826. The highest BCUT2D eigenvalue weighted by Crippen LogP contribution is 2.15. The Bertz CT molecular complexity index is 740. The largest absolute Gasteiger partial charge is 0.347 e. The number of fused-ring (bicyclic) bond motifs is 1. The van der Waals surface area contributed by atoms with Crippen molar-refractivity contribution in [2.45, 2.75) is 20.4 Å². The Morgan fingerprint density at radius 3 is 2.45 bits per heavy atom. The van der Waals surface area contributed by atoms with Crippen LogP contribution in [0.4, 0.5) is 5.95 Å². The minimum atomic E-state index is 0.605. The van der Waals surface area contributed by atoms with Gasteiger partial charge in [-0.2, -0.15) is 0 Å². The maximum Gasteiger partial charge on any atom is 0.223 e. The molecule has 0 unspecified atom stereocenters. The van der Waals surface area contributed by atoms with Crippen LogP contribution in [0.5, 0.6) is 0 Å². The van der Waals surface area contributed by atoms with Crippen LogP contribution in [-0.2, 0) is 13.6 Å². The van der Waals surface area contributed by atoms with Crippen molar-refractivity contribution < 1.29 is 0 Å². The summed E-state index contributed by atoms with van der Waals surface area (Å²) in [5, 5.41) is 3.24. The standard InChI is InChI=1S/C15H17N5/c1-10-8-11(2)18-15(17-10)16-9-14-19-12-6-4-5-7-13(12)20(14)3/h4-8H,9H2,1-3H3,(H,16,17,18). The lowest BCUT2D eigenvalue weighted by atomic mass is 10.3. The summed E-state index contributed by atoms with van der Waals surface area (Å²) in [6.45, 7) is 4.54. The molecule has 0 saturated carbocycles. The molecular weight excluding hydrogens is 250 g/mol. The number of nitrogens with one attached hydrogen (secondary N) is 1. The van der Waals surface area contributed by atoms with Crippen LogP contribution >= 0.6 is 0 Å². The highest BCUT2D eigenvalue weighted by Gasteiger charge is 2.07. The third kappa shape index (κ3) is 2.34. The van der Waals surface area contributed by atoms with Crippen molar-refractivity contribution in [3.63, 3.8) is 0 Å². The fraction of sp³-hybridized carbons (Fsp3) is 0.267. The van der Waals surface area contributed by atoms with Crippen LogP contribution in [0.15, 0.2) is 30.3 Å². The zero-order valence-corrected chi connectivity index (χ0v) is 11.9. The number of imidazole rings is 1. The number of rotatable bonds is 3. The Labute approximate surface area is 117 Å². The Balaban J connectivity index is 1.84. The molecule has 2 heterocycles. The Hall–Kier alpha value is -2.43. The van der Waals surface area contributed by atoms with Gasteiger partial charge in [-0.25, -0.2) is 15.0 Å². The van der Waals surface area contributed by atoms with E-state index in [9.17, 15) is 0 Å². The number of anilines is 1. The van der Waals surface area contributed by atoms with E-state index in [-0.39, 0.29) is 0 Å². The predicted molar refractivity (Wildman–Crippen MR) is 79.5 cm³/mol. The number of hydrogen-bond donors (Lipinski definition) is 1. The highest BCUT2D eigenvalue weighted by molar-refractivity contribution is 5.75. The topological polar surface area (TPSA) is 55.6 Å². The number of hydrogen-bond acceptors (Lipinski definition) is 4. The van der Waals surface area contributed by atoms with Crippen molar-refractivity contribution in [1.29, 1.82) is 0 Å². The quantitative estimate of drug-likeness (QED) is 0.792. The first-order valence-electron chi connectivity index (χ1n) is 6.60. The Morgan fingerprint density at radius 2 is 1.75 bits per heavy atom. The zero-order chi connectivity index (χ0) is 14.1. The van der Waals surface area contributed by atoms with Gasteiger partial charge in [0, 0.05) is 18.4 Å². The fourth-order valence-corrected chi connectivity index (χ4v) is 2.32. The fourth-order valence-electron chi connectivity index (χ4n) is 2.32. The molecule has 0 fully saturated rings. The molecule has 20 heavy (non-hydrogen) atoms. The van der Waals surface area contributed by atoms with Crippen molar-refractivity contribution in [2.24, 2.45) is 7.05 Å². The second kappa shape index (κ2) is 4.92. The highest BCUT2D eigenvalue weighted by atomic mass is 15.1. The number of aromatic nitrogens is 4. The Kier molecular flexibility index (Phi) is 3.10. The summed E-state index contributed by atoms with van der Waals surface area (Å²) in [5.74, 6) is 1.61. The first-order valence-corrected chi connectivity index (χ1v) is 6.60. The van der Waals surface area contributed by atoms with Crippen molar-refractivity contribution in [1.82, 2.24) is 19.5 Å². The average molecular weight is 267 g/mol. The molecule has 5 heteroatoms. The third-order valence-corrected chi connectivity index (χ3v) is 3.27. The van der Waals surface area contributed by atoms with Gasteiger partial charge in [-0.05, 0) is 32.0 Å². The van der Waals surface area contributed by atoms with Gasteiger partial charge >= 0.3 is 0 Å². The molecule has 0 aliphatic carbocycles. The van der Waals surface area contributed by atoms with Gasteiger partial charge in [-0.1, -0.05) is 12.1 Å². The first kappa shape index (κ1) is 12.6. The van der Waals surface area contributed by atoms with E-state index >= 15 is 0 Å². The van der Waals surface area contributed by atoms with Gasteiger partial charge < -0.3 is 9.88 Å². The van der Waals surface area contributed by atoms with Crippen LogP contribution in [0, 0.1) is 13.8 Å². The monoisotopic (exact) mass is 267 g/mol. The van der Waals surface area contributed by atoms with E-state index in [4.69, 9.17) is 0 Å². The molecule has 1 aromatic carbocycles. The van der Waals surface area contributed by atoms with Crippen LogP contribution in [0.25, 0.3) is 11.0 Å². The van der Waals surface area contributed by atoms with E-state index in [1.165, 1.54) is 0 Å². The number of aryl methyl sites for hydroxylation is 3. The molecule has 0 radical (unpaired) electrons. The summed E-state index contributed by atoms with van der Waals surface area (Å²) < 4.78 is 2.09. The van der Waals surface area contributed by atoms with Crippen molar-refractivity contribution >= 4 is 17.0 Å². The summed E-state index contributed by atoms with van der Waals surface area (Å²) in [4.78, 5) is 13.4. The van der Waals surface area contributed by atoms with Crippen LogP contribution in [0.1, 0.15) is 17.2 Å². The maximum absolute atomic E-state index is 4.62. The number of benzene rings is 1. The molecule has 3 aromatic rings. The summed E-state index contributed by atoms with van der Waals surface area (Å²) in [5.41, 5.74) is 4.06. The van der Waals surface area contributed by atoms with Crippen molar-refractivity contribution in [3.05, 3.63) is 47.5 Å². The molecule has 2 aromatic heterocycles. The molecule has 0 aliphatic heterocycles. The molecule has 102 valence electrons. The molecule has 0 atom stereocenters. The van der Waals surface area contributed by atoms with Gasteiger partial charge in [-0.15, -0.1) is 0 Å². The first-order chi connectivity index (χ1) is 9.63. The normalized spacial score (nSPS) is 10.9. The summed E-state index contributed by atoms with van der Waals surface area (Å²) in [6.07, 6.45) is 0. The molecule has 5 nitrogen and oxygen atoms in total. The van der Waals surface area contributed by atoms with Crippen LogP contribution in [-0.4, -0.2) is 19.5 Å². The van der Waals surface area contributed by atoms with E-state index in [0.717, 1.165) is 28.2 Å². The van der Waals surface area contributed by atoms with E-state index in [0.29, 0.717) is 12.5 Å². The van der Waals surface area contributed by atoms with Gasteiger partial charge in [0.2, 0.25) is 5.95 Å². The second-order valence-electron chi connectivity index (χ2n) is 4.90. The number of para-hydroxylation sites is 2. The van der Waals surface area contributed by atoms with Gasteiger partial charge in [-0.3, -0.25) is 0 Å². The molecule has 3 rings (SSSR count). The van der Waals surface area contributed by atoms with Crippen LogP contribution < -0.4 is 5.32 Å². The summed E-state index contributed by atoms with van der Waals surface area (Å²) >= 11 is 0. The minimum absolute atomic E-state index is 0.605. The predicted octanol–water partition coefficient (Wildman–Crippen LogP) is 2.59. The molecule has 0 amide bonds. The smallest absolute Gasteiger partial charge is 0.223 e. The van der Waals surface area contributed by atoms with Crippen LogP contribution in [0.2, 0.25) is 0 Å². The number of nitrogens with zero attached hydrogens (tertiary/aromatic N) is 4. The third-order valence-electron chi connectivity index (χ3n) is 3.27. The van der Waals surface area contributed by atoms with Crippen LogP contribution in [0.3, 0.4) is 0 Å². The average Bonchev–Trinajstić information content (AvgIpc) is 2.73. The van der Waals surface area contributed by atoms with Gasteiger partial charge in [0.1, 0.15) is 5.82 Å². The Morgan fingerprint density at radius 1 is 1.05 bits per heavy atom. The molecule has 0 saturated heterocycles. The van der Waals surface area contributed by atoms with Gasteiger partial charge in [0.25, 0.3) is 0 Å². The molecule has 1 N–H and O–H groups in total.